The average Bonchev–Trinajstić information content (AvgIpc) is 2.61. The van der Waals surface area contributed by atoms with E-state index in [9.17, 15) is 14.9 Å². The van der Waals surface area contributed by atoms with Crippen LogP contribution in [0.1, 0.15) is 11.1 Å². The fourth-order valence-electron chi connectivity index (χ4n) is 2.10. The summed E-state index contributed by atoms with van der Waals surface area (Å²) in [7, 11) is 0. The van der Waals surface area contributed by atoms with Crippen molar-refractivity contribution in [2.45, 2.75) is 6.92 Å². The van der Waals surface area contributed by atoms with Crippen molar-refractivity contribution in [3.05, 3.63) is 62.6 Å². The Kier molecular flexibility index (Phi) is 6.99. The van der Waals surface area contributed by atoms with Gasteiger partial charge >= 0.3 is 5.97 Å². The molecule has 0 aliphatic rings. The maximum atomic E-state index is 12.4. The molecule has 0 atom stereocenters. The summed E-state index contributed by atoms with van der Waals surface area (Å²) >= 11 is 9.21. The molecule has 0 aliphatic carbocycles. The van der Waals surface area contributed by atoms with E-state index in [4.69, 9.17) is 21.4 Å². The molecule has 2 aromatic rings. The minimum atomic E-state index is -1.09. The van der Waals surface area contributed by atoms with Crippen LogP contribution < -0.4 is 10.1 Å². The molecule has 0 heterocycles. The van der Waals surface area contributed by atoms with Crippen LogP contribution in [-0.2, 0) is 9.59 Å². The molecular weight excluding hydrogens is 436 g/mol. The number of carbonyl (C=O) groups is 2. The van der Waals surface area contributed by atoms with Gasteiger partial charge in [-0.2, -0.15) is 5.26 Å². The molecule has 2 aromatic carbocycles. The van der Waals surface area contributed by atoms with E-state index < -0.39 is 18.5 Å². The van der Waals surface area contributed by atoms with Crippen molar-refractivity contribution in [3.63, 3.8) is 0 Å². The second kappa shape index (κ2) is 9.21. The van der Waals surface area contributed by atoms with Crippen LogP contribution in [0.25, 0.3) is 6.08 Å². The zero-order valence-corrected chi connectivity index (χ0v) is 16.5. The van der Waals surface area contributed by atoms with Gasteiger partial charge in [-0.15, -0.1) is 0 Å². The molecule has 8 heteroatoms. The van der Waals surface area contributed by atoms with Crippen LogP contribution in [0.3, 0.4) is 0 Å². The van der Waals surface area contributed by atoms with E-state index in [1.807, 2.05) is 13.0 Å². The Labute approximate surface area is 169 Å². The second-order valence-corrected chi connectivity index (χ2v) is 6.75. The molecule has 0 saturated carbocycles. The van der Waals surface area contributed by atoms with Gasteiger partial charge in [0.1, 0.15) is 17.4 Å². The van der Waals surface area contributed by atoms with Crippen LogP contribution in [0.2, 0.25) is 5.02 Å². The fraction of sp³-hybridized carbons (Fsp3) is 0.105. The molecule has 2 N–H and O–H groups in total. The number of aryl methyl sites for hydroxylation is 1. The minimum Gasteiger partial charge on any atom is -0.481 e. The molecule has 138 valence electrons. The van der Waals surface area contributed by atoms with E-state index >= 15 is 0 Å². The number of ether oxygens (including phenoxy) is 1. The third-order valence-electron chi connectivity index (χ3n) is 3.43. The highest BCUT2D eigenvalue weighted by atomic mass is 79.9. The number of benzene rings is 2. The largest absolute Gasteiger partial charge is 0.481 e. The van der Waals surface area contributed by atoms with E-state index in [0.717, 1.165) is 5.56 Å². The first-order valence-electron chi connectivity index (χ1n) is 7.63. The van der Waals surface area contributed by atoms with Crippen molar-refractivity contribution in [2.24, 2.45) is 0 Å². The highest BCUT2D eigenvalue weighted by Crippen LogP contribution is 2.27. The summed E-state index contributed by atoms with van der Waals surface area (Å²) in [4.78, 5) is 23.0. The molecule has 0 aliphatic heterocycles. The van der Waals surface area contributed by atoms with Gasteiger partial charge in [-0.1, -0.05) is 23.7 Å². The van der Waals surface area contributed by atoms with E-state index in [-0.39, 0.29) is 5.57 Å². The number of rotatable bonds is 6. The molecule has 6 nitrogen and oxygen atoms in total. The molecule has 0 bridgehead atoms. The molecule has 1 amide bonds. The Balaban J connectivity index is 2.21. The van der Waals surface area contributed by atoms with E-state index in [2.05, 4.69) is 21.2 Å². The number of nitrogens with zero attached hydrogens (tertiary/aromatic N) is 1. The maximum absolute atomic E-state index is 12.4. The lowest BCUT2D eigenvalue weighted by Crippen LogP contribution is -2.14. The highest BCUT2D eigenvalue weighted by Gasteiger charge is 2.12. The quantitative estimate of drug-likeness (QED) is 0.502. The Morgan fingerprint density at radius 2 is 2.07 bits per heavy atom. The van der Waals surface area contributed by atoms with Crippen molar-refractivity contribution in [2.75, 3.05) is 11.9 Å². The summed E-state index contributed by atoms with van der Waals surface area (Å²) in [6.07, 6.45) is 1.42. The average molecular weight is 450 g/mol. The number of halogens is 2. The Bertz CT molecular complexity index is 967. The van der Waals surface area contributed by atoms with E-state index in [1.54, 1.807) is 36.4 Å². The summed E-state index contributed by atoms with van der Waals surface area (Å²) in [6.45, 7) is 1.34. The molecule has 0 aromatic heterocycles. The number of hydrogen-bond acceptors (Lipinski definition) is 4. The number of nitriles is 1. The first-order valence-corrected chi connectivity index (χ1v) is 8.80. The number of carboxylic acid groups (broad SMARTS) is 1. The van der Waals surface area contributed by atoms with Crippen LogP contribution in [0, 0.1) is 18.3 Å². The van der Waals surface area contributed by atoms with Gasteiger partial charge < -0.3 is 15.2 Å². The predicted octanol–water partition coefficient (Wildman–Crippen LogP) is 4.42. The van der Waals surface area contributed by atoms with Crippen LogP contribution in [-0.4, -0.2) is 23.6 Å². The van der Waals surface area contributed by atoms with Crippen LogP contribution >= 0.6 is 27.5 Å². The van der Waals surface area contributed by atoms with Crippen LogP contribution in [0.15, 0.2) is 46.4 Å². The van der Waals surface area contributed by atoms with Crippen LogP contribution in [0.5, 0.6) is 5.75 Å². The normalized spacial score (nSPS) is 10.8. The summed E-state index contributed by atoms with van der Waals surface area (Å²) in [5, 5.41) is 21.1. The van der Waals surface area contributed by atoms with E-state index in [1.165, 1.54) is 6.08 Å². The van der Waals surface area contributed by atoms with E-state index in [0.29, 0.717) is 26.5 Å². The second-order valence-electron chi connectivity index (χ2n) is 5.46. The molecule has 0 saturated heterocycles. The monoisotopic (exact) mass is 448 g/mol. The van der Waals surface area contributed by atoms with Crippen molar-refractivity contribution < 1.29 is 19.4 Å². The fourth-order valence-corrected chi connectivity index (χ4v) is 2.78. The standard InChI is InChI=1S/C19H14BrClN2O4/c1-11-2-4-14(21)8-16(11)23-19(26)13(9-22)6-12-3-5-17(15(20)7-12)27-10-18(24)25/h2-8H,10H2,1H3,(H,23,26)(H,24,25)/b13-6+. The number of amides is 1. The number of aliphatic carboxylic acids is 1. The predicted molar refractivity (Wildman–Crippen MR) is 106 cm³/mol. The number of carboxylic acids is 1. The Morgan fingerprint density at radius 1 is 1.33 bits per heavy atom. The number of nitrogens with one attached hydrogen (secondary N) is 1. The van der Waals surface area contributed by atoms with Gasteiger partial charge in [0, 0.05) is 10.7 Å². The first-order chi connectivity index (χ1) is 12.8. The number of hydrogen-bond donors (Lipinski definition) is 2. The molecular formula is C19H14BrClN2O4. The van der Waals surface area contributed by atoms with Crippen molar-refractivity contribution in [1.29, 1.82) is 5.26 Å². The Hall–Kier alpha value is -2.82. The van der Waals surface area contributed by atoms with Gasteiger partial charge in [0.15, 0.2) is 6.61 Å². The first kappa shape index (κ1) is 20.5. The van der Waals surface area contributed by atoms with Crippen LogP contribution in [0.4, 0.5) is 5.69 Å². The zero-order chi connectivity index (χ0) is 20.0. The summed E-state index contributed by atoms with van der Waals surface area (Å²) < 4.78 is 5.61. The molecule has 0 radical (unpaired) electrons. The zero-order valence-electron chi connectivity index (χ0n) is 14.1. The lowest BCUT2D eigenvalue weighted by atomic mass is 10.1. The van der Waals surface area contributed by atoms with Crippen molar-refractivity contribution in [3.8, 4) is 11.8 Å². The van der Waals surface area contributed by atoms with Gasteiger partial charge in [0.05, 0.1) is 4.47 Å². The van der Waals surface area contributed by atoms with Gasteiger partial charge in [0.2, 0.25) is 0 Å². The smallest absolute Gasteiger partial charge is 0.341 e. The summed E-state index contributed by atoms with van der Waals surface area (Å²) in [5.74, 6) is -1.32. The lowest BCUT2D eigenvalue weighted by Gasteiger charge is -2.09. The number of carbonyl (C=O) groups excluding carboxylic acids is 1. The van der Waals surface area contributed by atoms with Gasteiger partial charge in [-0.05, 0) is 64.3 Å². The maximum Gasteiger partial charge on any atom is 0.341 e. The third-order valence-corrected chi connectivity index (χ3v) is 4.29. The van der Waals surface area contributed by atoms with Crippen molar-refractivity contribution >= 4 is 51.2 Å². The van der Waals surface area contributed by atoms with Gasteiger partial charge in [-0.25, -0.2) is 4.79 Å². The molecule has 0 fully saturated rings. The summed E-state index contributed by atoms with van der Waals surface area (Å²) in [5.41, 5.74) is 1.81. The molecule has 0 spiro atoms. The SMILES string of the molecule is Cc1ccc(Cl)cc1NC(=O)/C(C#N)=C/c1ccc(OCC(=O)O)c(Br)c1. The molecule has 27 heavy (non-hydrogen) atoms. The Morgan fingerprint density at radius 3 is 2.70 bits per heavy atom. The molecule has 2 rings (SSSR count). The van der Waals surface area contributed by atoms with Gasteiger partial charge in [0.25, 0.3) is 5.91 Å². The minimum absolute atomic E-state index is 0.0968. The lowest BCUT2D eigenvalue weighted by molar-refractivity contribution is -0.139. The number of anilines is 1. The third kappa shape index (κ3) is 5.84. The molecule has 0 unspecified atom stereocenters. The topological polar surface area (TPSA) is 99.4 Å². The van der Waals surface area contributed by atoms with Gasteiger partial charge in [-0.3, -0.25) is 4.79 Å². The van der Waals surface area contributed by atoms with Crippen molar-refractivity contribution in [1.82, 2.24) is 0 Å². The summed E-state index contributed by atoms with van der Waals surface area (Å²) in [6, 6.07) is 11.7. The highest BCUT2D eigenvalue weighted by molar-refractivity contribution is 9.10.